The van der Waals surface area contributed by atoms with E-state index >= 15 is 0 Å². The zero-order valence-corrected chi connectivity index (χ0v) is 23.9. The van der Waals surface area contributed by atoms with Crippen molar-refractivity contribution in [2.24, 2.45) is 0 Å². The zero-order chi connectivity index (χ0) is 28.0. The van der Waals surface area contributed by atoms with Crippen molar-refractivity contribution in [2.45, 2.75) is 69.2 Å². The average molecular weight is 550 g/mol. The third kappa shape index (κ3) is 7.68. The lowest BCUT2D eigenvalue weighted by atomic mass is 9.93. The molecule has 1 fully saturated rings. The van der Waals surface area contributed by atoms with Crippen molar-refractivity contribution in [3.8, 4) is 0 Å². The molecule has 0 bridgehead atoms. The maximum Gasteiger partial charge on any atom is 0.410 e. The summed E-state index contributed by atoms with van der Waals surface area (Å²) >= 11 is 0. The molecule has 0 aromatic heterocycles. The molecule has 7 nitrogen and oxygen atoms in total. The molecule has 1 heterocycles. The van der Waals surface area contributed by atoms with E-state index in [0.29, 0.717) is 13.1 Å². The van der Waals surface area contributed by atoms with Crippen molar-refractivity contribution in [1.29, 1.82) is 0 Å². The second kappa shape index (κ2) is 12.3. The molecule has 208 valence electrons. The van der Waals surface area contributed by atoms with Gasteiger partial charge in [-0.25, -0.2) is 17.9 Å². The van der Waals surface area contributed by atoms with Gasteiger partial charge in [0.15, 0.2) is 0 Å². The van der Waals surface area contributed by atoms with Crippen LogP contribution in [0.15, 0.2) is 89.8 Å². The second-order valence-electron chi connectivity index (χ2n) is 11.1. The number of likely N-dealkylation sites (tertiary alicyclic amines) is 1. The number of carbonyl (C=O) groups is 1. The molecule has 1 saturated heterocycles. The summed E-state index contributed by atoms with van der Waals surface area (Å²) in [7, 11) is -3.83. The smallest absolute Gasteiger partial charge is 0.410 e. The van der Waals surface area contributed by atoms with Crippen molar-refractivity contribution in [1.82, 2.24) is 14.9 Å². The molecule has 3 aromatic rings. The molecule has 0 saturated carbocycles. The van der Waals surface area contributed by atoms with E-state index in [-0.39, 0.29) is 17.0 Å². The largest absolute Gasteiger partial charge is 0.444 e. The van der Waals surface area contributed by atoms with Gasteiger partial charge in [0.2, 0.25) is 10.0 Å². The number of carbonyl (C=O) groups excluding carboxylic acids is 1. The minimum Gasteiger partial charge on any atom is -0.444 e. The van der Waals surface area contributed by atoms with Gasteiger partial charge < -0.3 is 15.0 Å². The van der Waals surface area contributed by atoms with Crippen LogP contribution in [0.5, 0.6) is 0 Å². The Hall–Kier alpha value is -3.20. The van der Waals surface area contributed by atoms with E-state index in [1.165, 1.54) is 0 Å². The number of ether oxygens (including phenoxy) is 1. The van der Waals surface area contributed by atoms with Crippen molar-refractivity contribution < 1.29 is 17.9 Å². The topological polar surface area (TPSA) is 87.7 Å². The third-order valence-corrected chi connectivity index (χ3v) is 8.30. The van der Waals surface area contributed by atoms with E-state index in [0.717, 1.165) is 29.5 Å². The van der Waals surface area contributed by atoms with E-state index < -0.39 is 27.7 Å². The molecule has 1 amide bonds. The first-order valence-electron chi connectivity index (χ1n) is 13.5. The number of aryl methyl sites for hydroxylation is 1. The van der Waals surface area contributed by atoms with Gasteiger partial charge in [-0.05, 0) is 63.8 Å². The SMILES string of the molecule is Cc1ccc(S(=O)(=O)N[C@@H](c2ccccc2)[C@@H](NCC2CCCN2C(=O)OC(C)(C)C)c2ccccc2)cc1. The van der Waals surface area contributed by atoms with Gasteiger partial charge in [-0.1, -0.05) is 78.4 Å². The molecule has 0 aliphatic carbocycles. The van der Waals surface area contributed by atoms with Crippen LogP contribution in [0.4, 0.5) is 4.79 Å². The number of hydrogen-bond donors (Lipinski definition) is 2. The fourth-order valence-corrected chi connectivity index (χ4v) is 6.14. The first-order chi connectivity index (χ1) is 18.5. The van der Waals surface area contributed by atoms with Gasteiger partial charge in [0, 0.05) is 19.1 Å². The normalized spacial score (nSPS) is 17.5. The lowest BCUT2D eigenvalue weighted by Gasteiger charge is -2.33. The Balaban J connectivity index is 1.65. The van der Waals surface area contributed by atoms with Crippen molar-refractivity contribution in [3.05, 3.63) is 102 Å². The Labute approximate surface area is 232 Å². The van der Waals surface area contributed by atoms with Crippen molar-refractivity contribution >= 4 is 16.1 Å². The highest BCUT2D eigenvalue weighted by atomic mass is 32.2. The lowest BCUT2D eigenvalue weighted by molar-refractivity contribution is 0.0224. The number of benzene rings is 3. The van der Waals surface area contributed by atoms with Gasteiger partial charge in [-0.3, -0.25) is 0 Å². The van der Waals surface area contributed by atoms with Gasteiger partial charge in [-0.2, -0.15) is 0 Å². The molecule has 8 heteroatoms. The van der Waals surface area contributed by atoms with Gasteiger partial charge in [0.05, 0.1) is 17.0 Å². The Kier molecular flexibility index (Phi) is 9.10. The van der Waals surface area contributed by atoms with Crippen LogP contribution < -0.4 is 10.0 Å². The van der Waals surface area contributed by atoms with Crippen LogP contribution in [0.2, 0.25) is 0 Å². The van der Waals surface area contributed by atoms with Gasteiger partial charge in [-0.15, -0.1) is 0 Å². The predicted octanol–water partition coefficient (Wildman–Crippen LogP) is 5.75. The molecule has 4 rings (SSSR count). The highest BCUT2D eigenvalue weighted by Gasteiger charge is 2.35. The summed E-state index contributed by atoms with van der Waals surface area (Å²) in [6.45, 7) is 8.65. The zero-order valence-electron chi connectivity index (χ0n) is 23.1. The van der Waals surface area contributed by atoms with Crippen LogP contribution in [0, 0.1) is 6.92 Å². The van der Waals surface area contributed by atoms with Gasteiger partial charge >= 0.3 is 6.09 Å². The van der Waals surface area contributed by atoms with E-state index in [2.05, 4.69) is 10.0 Å². The molecule has 0 radical (unpaired) electrons. The average Bonchev–Trinajstić information content (AvgIpc) is 3.37. The maximum absolute atomic E-state index is 13.6. The molecule has 3 aromatic carbocycles. The molecule has 3 atom stereocenters. The summed E-state index contributed by atoms with van der Waals surface area (Å²) in [5.41, 5.74) is 2.20. The summed E-state index contributed by atoms with van der Waals surface area (Å²) in [5, 5.41) is 3.63. The van der Waals surface area contributed by atoms with E-state index in [9.17, 15) is 13.2 Å². The Morgan fingerprint density at radius 3 is 2.05 bits per heavy atom. The molecule has 39 heavy (non-hydrogen) atoms. The molecular formula is C31H39N3O4S. The lowest BCUT2D eigenvalue weighted by Crippen LogP contribution is -2.46. The predicted molar refractivity (Wildman–Crippen MR) is 154 cm³/mol. The summed E-state index contributed by atoms with van der Waals surface area (Å²) in [4.78, 5) is 14.9. The van der Waals surface area contributed by atoms with Crippen LogP contribution in [0.3, 0.4) is 0 Å². The standard InChI is InChI=1S/C31H39N3O4S/c1-23-17-19-27(20-18-23)39(36,37)33-29(25-14-9-6-10-15-25)28(24-12-7-5-8-13-24)32-22-26-16-11-21-34(26)30(35)38-31(2,3)4/h5-10,12-15,17-20,26,28-29,32-33H,11,16,21-22H2,1-4H3/t26?,28-,29-/m0/s1. The number of rotatable bonds is 9. The summed E-state index contributed by atoms with van der Waals surface area (Å²) < 4.78 is 35.8. The highest BCUT2D eigenvalue weighted by molar-refractivity contribution is 7.89. The van der Waals surface area contributed by atoms with Crippen LogP contribution in [-0.2, 0) is 14.8 Å². The minimum absolute atomic E-state index is 0.0591. The van der Waals surface area contributed by atoms with Crippen molar-refractivity contribution in [2.75, 3.05) is 13.1 Å². The molecule has 0 spiro atoms. The minimum atomic E-state index is -3.83. The second-order valence-corrected chi connectivity index (χ2v) is 12.8. The molecule has 2 N–H and O–H groups in total. The number of nitrogens with zero attached hydrogens (tertiary/aromatic N) is 1. The fraction of sp³-hybridized carbons (Fsp3) is 0.387. The Bertz CT molecular complexity index is 1320. The van der Waals surface area contributed by atoms with Gasteiger partial charge in [0.25, 0.3) is 0 Å². The van der Waals surface area contributed by atoms with Crippen LogP contribution in [-0.4, -0.2) is 44.1 Å². The number of amides is 1. The van der Waals surface area contributed by atoms with Crippen LogP contribution in [0.1, 0.15) is 62.4 Å². The number of nitrogens with one attached hydrogen (secondary N) is 2. The summed E-state index contributed by atoms with van der Waals surface area (Å²) in [5.74, 6) is 0. The fourth-order valence-electron chi connectivity index (χ4n) is 4.90. The Morgan fingerprint density at radius 2 is 1.49 bits per heavy atom. The van der Waals surface area contributed by atoms with E-state index in [4.69, 9.17) is 4.74 Å². The summed E-state index contributed by atoms with van der Waals surface area (Å²) in [6, 6.07) is 25.2. The third-order valence-electron chi connectivity index (χ3n) is 6.84. The molecule has 1 aliphatic heterocycles. The summed E-state index contributed by atoms with van der Waals surface area (Å²) in [6.07, 6.45) is 1.42. The number of sulfonamides is 1. The first kappa shape index (κ1) is 28.8. The van der Waals surface area contributed by atoms with E-state index in [1.54, 1.807) is 29.2 Å². The quantitative estimate of drug-likeness (QED) is 0.355. The van der Waals surface area contributed by atoms with Crippen LogP contribution in [0.25, 0.3) is 0 Å². The van der Waals surface area contributed by atoms with Crippen molar-refractivity contribution in [3.63, 3.8) is 0 Å². The number of hydrogen-bond acceptors (Lipinski definition) is 5. The monoisotopic (exact) mass is 549 g/mol. The molecular weight excluding hydrogens is 510 g/mol. The maximum atomic E-state index is 13.6. The Morgan fingerprint density at radius 1 is 0.923 bits per heavy atom. The first-order valence-corrected chi connectivity index (χ1v) is 14.9. The van der Waals surface area contributed by atoms with Crippen LogP contribution >= 0.6 is 0 Å². The van der Waals surface area contributed by atoms with E-state index in [1.807, 2.05) is 88.4 Å². The highest BCUT2D eigenvalue weighted by Crippen LogP contribution is 2.32. The van der Waals surface area contributed by atoms with Gasteiger partial charge in [0.1, 0.15) is 5.60 Å². The molecule has 1 aliphatic rings. The molecule has 1 unspecified atom stereocenters.